The van der Waals surface area contributed by atoms with Gasteiger partial charge >= 0.3 is 11.9 Å². The maximum Gasteiger partial charge on any atom is 0.355 e. The van der Waals surface area contributed by atoms with Gasteiger partial charge in [-0.2, -0.15) is 0 Å². The Kier molecular flexibility index (Phi) is 7.92. The minimum atomic E-state index is -0.654. The van der Waals surface area contributed by atoms with E-state index in [1.54, 1.807) is 54.6 Å². The molecule has 0 spiro atoms. The number of carbonyl (C=O) groups excluding carboxylic acids is 3. The average molecular weight is 504 g/mol. The topological polar surface area (TPSA) is 88.6 Å². The van der Waals surface area contributed by atoms with E-state index in [4.69, 9.17) is 14.2 Å². The van der Waals surface area contributed by atoms with Crippen molar-refractivity contribution in [2.45, 2.75) is 0 Å². The van der Waals surface area contributed by atoms with Gasteiger partial charge in [-0.25, -0.2) is 9.59 Å². The monoisotopic (exact) mass is 503 g/mol. The van der Waals surface area contributed by atoms with E-state index >= 15 is 0 Å². The van der Waals surface area contributed by atoms with Crippen LogP contribution in [0.5, 0.6) is 5.75 Å². The van der Waals surface area contributed by atoms with Gasteiger partial charge in [-0.05, 0) is 60.7 Å². The van der Waals surface area contributed by atoms with E-state index in [1.165, 1.54) is 20.3 Å². The van der Waals surface area contributed by atoms with Crippen molar-refractivity contribution in [3.63, 3.8) is 0 Å². The first kappa shape index (κ1) is 25.6. The molecule has 0 aromatic heterocycles. The van der Waals surface area contributed by atoms with Crippen LogP contribution in [0.2, 0.25) is 0 Å². The third-order valence-electron chi connectivity index (χ3n) is 6.29. The molecule has 0 aliphatic carbocycles. The molecule has 9 heteroatoms. The average Bonchev–Trinajstić information content (AvgIpc) is 3.19. The Hall–Kier alpha value is -4.53. The minimum absolute atomic E-state index is 0.00254. The molecule has 2 aromatic rings. The molecule has 192 valence electrons. The van der Waals surface area contributed by atoms with E-state index in [2.05, 4.69) is 4.90 Å². The Morgan fingerprint density at radius 1 is 0.730 bits per heavy atom. The fourth-order valence-electron chi connectivity index (χ4n) is 4.27. The van der Waals surface area contributed by atoms with Crippen molar-refractivity contribution in [1.82, 2.24) is 4.90 Å². The molecular weight excluding hydrogens is 474 g/mol. The summed E-state index contributed by atoms with van der Waals surface area (Å²) in [5.41, 5.74) is 2.48. The lowest BCUT2D eigenvalue weighted by Crippen LogP contribution is -2.48. The molecule has 0 radical (unpaired) electrons. The van der Waals surface area contributed by atoms with E-state index in [-0.39, 0.29) is 17.2 Å². The Balaban J connectivity index is 1.47. The van der Waals surface area contributed by atoms with Crippen LogP contribution < -0.4 is 14.5 Å². The lowest BCUT2D eigenvalue weighted by Gasteiger charge is -2.36. The lowest BCUT2D eigenvalue weighted by molar-refractivity contribution is -0.139. The van der Waals surface area contributed by atoms with Crippen LogP contribution in [0.4, 0.5) is 11.4 Å². The fourth-order valence-corrected chi connectivity index (χ4v) is 4.27. The van der Waals surface area contributed by atoms with Crippen LogP contribution >= 0.6 is 0 Å². The van der Waals surface area contributed by atoms with Crippen LogP contribution in [0.25, 0.3) is 0 Å². The highest BCUT2D eigenvalue weighted by Gasteiger charge is 2.28. The summed E-state index contributed by atoms with van der Waals surface area (Å²) in [6.07, 6.45) is 6.61. The summed E-state index contributed by atoms with van der Waals surface area (Å²) in [7, 11) is 4.13. The zero-order valence-corrected chi connectivity index (χ0v) is 21.0. The highest BCUT2D eigenvalue weighted by Crippen LogP contribution is 2.29. The van der Waals surface area contributed by atoms with Gasteiger partial charge in [0.2, 0.25) is 0 Å². The number of methoxy groups -OCH3 is 3. The summed E-state index contributed by atoms with van der Waals surface area (Å²) in [5, 5.41) is 0. The zero-order valence-electron chi connectivity index (χ0n) is 21.0. The molecule has 0 saturated carbocycles. The van der Waals surface area contributed by atoms with Gasteiger partial charge < -0.3 is 28.9 Å². The quantitative estimate of drug-likeness (QED) is 0.556. The molecule has 0 bridgehead atoms. The number of esters is 2. The van der Waals surface area contributed by atoms with Crippen LogP contribution in [0.15, 0.2) is 84.2 Å². The number of hydrogen-bond acceptors (Lipinski definition) is 8. The van der Waals surface area contributed by atoms with E-state index < -0.39 is 11.9 Å². The lowest BCUT2D eigenvalue weighted by atomic mass is 10.1. The molecule has 0 unspecified atom stereocenters. The van der Waals surface area contributed by atoms with Crippen LogP contribution in [0, 0.1) is 0 Å². The molecular formula is C28H29N3O6. The Morgan fingerprint density at radius 3 is 1.95 bits per heavy atom. The Labute approximate surface area is 215 Å². The molecule has 2 aromatic carbocycles. The molecule has 0 atom stereocenters. The first-order valence-electron chi connectivity index (χ1n) is 11.8. The van der Waals surface area contributed by atoms with Crippen molar-refractivity contribution in [2.24, 2.45) is 0 Å². The van der Waals surface area contributed by atoms with Crippen LogP contribution in [-0.2, 0) is 19.1 Å². The summed E-state index contributed by atoms with van der Waals surface area (Å²) in [5.74, 6) is -0.572. The summed E-state index contributed by atoms with van der Waals surface area (Å²) in [6.45, 7) is 2.58. The third kappa shape index (κ3) is 5.50. The Bertz CT molecular complexity index is 1240. The maximum absolute atomic E-state index is 12.9. The van der Waals surface area contributed by atoms with Crippen molar-refractivity contribution in [3.8, 4) is 5.75 Å². The second kappa shape index (κ2) is 11.5. The number of nitrogens with zero attached hydrogens (tertiary/aromatic N) is 3. The Morgan fingerprint density at radius 2 is 1.35 bits per heavy atom. The van der Waals surface area contributed by atoms with Gasteiger partial charge in [0.05, 0.1) is 26.9 Å². The third-order valence-corrected chi connectivity index (χ3v) is 6.29. The van der Waals surface area contributed by atoms with E-state index in [9.17, 15) is 14.4 Å². The number of allylic oxidation sites excluding steroid dienone is 2. The fraction of sp³-hybridized carbons (Fsp3) is 0.250. The van der Waals surface area contributed by atoms with E-state index in [0.717, 1.165) is 5.69 Å². The maximum atomic E-state index is 12.9. The normalized spacial score (nSPS) is 15.4. The van der Waals surface area contributed by atoms with Gasteiger partial charge in [-0.1, -0.05) is 6.08 Å². The van der Waals surface area contributed by atoms with Crippen LogP contribution in [-0.4, -0.2) is 70.3 Å². The zero-order chi connectivity index (χ0) is 26.4. The van der Waals surface area contributed by atoms with Crippen molar-refractivity contribution < 1.29 is 28.6 Å². The molecule has 1 amide bonds. The standard InChI is InChI=1S/C28H29N3O6/c1-35-23-13-7-20(8-14-23)26(32)30-18-16-29(17-19-30)21-9-11-22(12-10-21)31-15-5-4-6-24(27(33)36-2)25(31)28(34)37-3/h4-15H,16-19H2,1-3H3. The van der Waals surface area contributed by atoms with Crippen molar-refractivity contribution in [3.05, 3.63) is 89.8 Å². The largest absolute Gasteiger partial charge is 0.497 e. The van der Waals surface area contributed by atoms with Gasteiger partial charge in [0.15, 0.2) is 0 Å². The molecule has 9 nitrogen and oxygen atoms in total. The molecule has 37 heavy (non-hydrogen) atoms. The van der Waals surface area contributed by atoms with Gasteiger partial charge in [0, 0.05) is 49.3 Å². The number of rotatable bonds is 6. The predicted molar refractivity (Wildman–Crippen MR) is 139 cm³/mol. The summed E-state index contributed by atoms with van der Waals surface area (Å²) >= 11 is 0. The summed E-state index contributed by atoms with van der Waals surface area (Å²) in [6, 6.07) is 14.8. The number of piperazine rings is 1. The summed E-state index contributed by atoms with van der Waals surface area (Å²) in [4.78, 5) is 43.5. The molecule has 0 N–H and O–H groups in total. The number of amides is 1. The van der Waals surface area contributed by atoms with Crippen LogP contribution in [0.1, 0.15) is 10.4 Å². The highest BCUT2D eigenvalue weighted by molar-refractivity contribution is 6.05. The first-order valence-corrected chi connectivity index (χ1v) is 11.8. The second-order valence-corrected chi connectivity index (χ2v) is 8.34. The smallest absolute Gasteiger partial charge is 0.355 e. The number of hydrogen-bond donors (Lipinski definition) is 0. The van der Waals surface area contributed by atoms with Crippen molar-refractivity contribution >= 4 is 29.2 Å². The molecule has 1 fully saturated rings. The molecule has 2 aliphatic rings. The molecule has 1 saturated heterocycles. The van der Waals surface area contributed by atoms with Crippen LogP contribution in [0.3, 0.4) is 0 Å². The highest BCUT2D eigenvalue weighted by atomic mass is 16.5. The van der Waals surface area contributed by atoms with Crippen molar-refractivity contribution in [2.75, 3.05) is 57.3 Å². The van der Waals surface area contributed by atoms with Gasteiger partial charge in [-0.15, -0.1) is 0 Å². The first-order chi connectivity index (χ1) is 18.0. The molecule has 2 heterocycles. The van der Waals surface area contributed by atoms with Gasteiger partial charge in [0.25, 0.3) is 5.91 Å². The molecule has 2 aliphatic heterocycles. The second-order valence-electron chi connectivity index (χ2n) is 8.34. The SMILES string of the molecule is COC(=O)C1=C(C(=O)OC)N(c2ccc(N3CCN(C(=O)c4ccc(OC)cc4)CC3)cc2)C=CC=C1. The number of benzene rings is 2. The van der Waals surface area contributed by atoms with E-state index in [0.29, 0.717) is 43.2 Å². The predicted octanol–water partition coefficient (Wildman–Crippen LogP) is 3.15. The minimum Gasteiger partial charge on any atom is -0.497 e. The van der Waals surface area contributed by atoms with Crippen molar-refractivity contribution in [1.29, 1.82) is 0 Å². The summed E-state index contributed by atoms with van der Waals surface area (Å²) < 4.78 is 15.0. The van der Waals surface area contributed by atoms with Gasteiger partial charge in [-0.3, -0.25) is 4.79 Å². The van der Waals surface area contributed by atoms with E-state index in [1.807, 2.05) is 29.2 Å². The molecule has 4 rings (SSSR count). The number of carbonyl (C=O) groups is 3. The van der Waals surface area contributed by atoms with Gasteiger partial charge in [0.1, 0.15) is 11.4 Å². The number of anilines is 2. The number of ether oxygens (including phenoxy) is 3.